The van der Waals surface area contributed by atoms with Gasteiger partial charge in [-0.2, -0.15) is 13.2 Å². The molecule has 1 amide bonds. The largest absolute Gasteiger partial charge is 0.389 e. The van der Waals surface area contributed by atoms with Gasteiger partial charge in [-0.3, -0.25) is 4.79 Å². The van der Waals surface area contributed by atoms with E-state index in [-0.39, 0.29) is 30.1 Å². The van der Waals surface area contributed by atoms with Gasteiger partial charge in [0.2, 0.25) is 0 Å². The van der Waals surface area contributed by atoms with Crippen molar-refractivity contribution in [3.63, 3.8) is 0 Å². The van der Waals surface area contributed by atoms with Crippen molar-refractivity contribution in [2.75, 3.05) is 6.54 Å². The molecule has 1 aromatic rings. The van der Waals surface area contributed by atoms with Crippen molar-refractivity contribution in [1.82, 2.24) is 10.3 Å². The summed E-state index contributed by atoms with van der Waals surface area (Å²) in [6.07, 6.45) is -3.31. The van der Waals surface area contributed by atoms with E-state index >= 15 is 0 Å². The molecular formula is C11H11BrClF3N2O. The van der Waals surface area contributed by atoms with Crippen molar-refractivity contribution in [3.8, 4) is 0 Å². The molecule has 3 nitrogen and oxygen atoms in total. The first-order valence-electron chi connectivity index (χ1n) is 5.45. The van der Waals surface area contributed by atoms with Crippen molar-refractivity contribution in [3.05, 3.63) is 27.5 Å². The van der Waals surface area contributed by atoms with E-state index in [1.807, 2.05) is 0 Å². The summed E-state index contributed by atoms with van der Waals surface area (Å²) in [6.45, 7) is 0.164. The van der Waals surface area contributed by atoms with Gasteiger partial charge in [0.1, 0.15) is 5.15 Å². The lowest BCUT2D eigenvalue weighted by atomic mass is 10.2. The topological polar surface area (TPSA) is 42.0 Å². The number of nitrogens with zero attached hydrogens (tertiary/aromatic N) is 1. The number of hydrogen-bond donors (Lipinski definition) is 1. The van der Waals surface area contributed by atoms with Gasteiger partial charge < -0.3 is 5.32 Å². The molecule has 0 fully saturated rings. The van der Waals surface area contributed by atoms with Crippen molar-refractivity contribution < 1.29 is 18.0 Å². The van der Waals surface area contributed by atoms with Crippen molar-refractivity contribution in [1.29, 1.82) is 0 Å². The van der Waals surface area contributed by atoms with E-state index in [2.05, 4.69) is 26.2 Å². The number of carbonyl (C=O) groups is 1. The average Bonchev–Trinajstić information content (AvgIpc) is 2.30. The SMILES string of the molecule is O=C(NCCCCC(F)(F)F)c1cc(Br)cnc1Cl. The number of hydrogen-bond acceptors (Lipinski definition) is 2. The van der Waals surface area contributed by atoms with Crippen LogP contribution in [0.5, 0.6) is 0 Å². The van der Waals surface area contributed by atoms with Gasteiger partial charge in [0.15, 0.2) is 0 Å². The number of rotatable bonds is 5. The lowest BCUT2D eigenvalue weighted by Gasteiger charge is -2.08. The predicted octanol–water partition coefficient (Wildman–Crippen LogP) is 3.96. The lowest BCUT2D eigenvalue weighted by molar-refractivity contribution is -0.135. The van der Waals surface area contributed by atoms with Gasteiger partial charge in [0.25, 0.3) is 5.91 Å². The van der Waals surface area contributed by atoms with E-state index in [1.165, 1.54) is 12.3 Å². The van der Waals surface area contributed by atoms with Crippen LogP contribution in [0.25, 0.3) is 0 Å². The van der Waals surface area contributed by atoms with E-state index in [4.69, 9.17) is 11.6 Å². The molecule has 0 saturated carbocycles. The second-order valence-corrected chi connectivity index (χ2v) is 5.09. The van der Waals surface area contributed by atoms with Crippen LogP contribution in [0.2, 0.25) is 5.15 Å². The molecule has 0 radical (unpaired) electrons. The predicted molar refractivity (Wildman–Crippen MR) is 69.2 cm³/mol. The number of halogens is 5. The molecule has 0 spiro atoms. The molecule has 1 heterocycles. The van der Waals surface area contributed by atoms with Crippen LogP contribution in [-0.4, -0.2) is 23.6 Å². The number of unbranched alkanes of at least 4 members (excludes halogenated alkanes) is 1. The molecule has 8 heteroatoms. The highest BCUT2D eigenvalue weighted by molar-refractivity contribution is 9.10. The van der Waals surface area contributed by atoms with Crippen LogP contribution in [0.4, 0.5) is 13.2 Å². The van der Waals surface area contributed by atoms with E-state index in [0.29, 0.717) is 4.47 Å². The van der Waals surface area contributed by atoms with E-state index in [9.17, 15) is 18.0 Å². The number of alkyl halides is 3. The Hall–Kier alpha value is -0.820. The summed E-state index contributed by atoms with van der Waals surface area (Å²) < 4.78 is 36.3. The Morgan fingerprint density at radius 2 is 2.11 bits per heavy atom. The quantitative estimate of drug-likeness (QED) is 0.639. The number of aromatic nitrogens is 1. The summed E-state index contributed by atoms with van der Waals surface area (Å²) >= 11 is 8.90. The maximum absolute atomic E-state index is 11.9. The minimum absolute atomic E-state index is 0.0196. The Balaban J connectivity index is 2.38. The summed E-state index contributed by atoms with van der Waals surface area (Å²) in [6, 6.07) is 1.50. The molecule has 0 aromatic carbocycles. The Labute approximate surface area is 121 Å². The zero-order valence-corrected chi connectivity index (χ0v) is 12.1. The molecule has 0 bridgehead atoms. The molecule has 19 heavy (non-hydrogen) atoms. The number of carbonyl (C=O) groups excluding carboxylic acids is 1. The second-order valence-electron chi connectivity index (χ2n) is 3.82. The summed E-state index contributed by atoms with van der Waals surface area (Å²) in [7, 11) is 0. The zero-order valence-electron chi connectivity index (χ0n) is 9.73. The Bertz CT molecular complexity index is 454. The van der Waals surface area contributed by atoms with Gasteiger partial charge in [0.05, 0.1) is 5.56 Å². The maximum atomic E-state index is 11.9. The highest BCUT2D eigenvalue weighted by atomic mass is 79.9. The molecule has 1 N–H and O–H groups in total. The van der Waals surface area contributed by atoms with Crippen LogP contribution < -0.4 is 5.32 Å². The van der Waals surface area contributed by atoms with Gasteiger partial charge in [0, 0.05) is 23.6 Å². The van der Waals surface area contributed by atoms with Crippen LogP contribution in [-0.2, 0) is 0 Å². The average molecular weight is 360 g/mol. The fourth-order valence-electron chi connectivity index (χ4n) is 1.33. The molecule has 1 rings (SSSR count). The van der Waals surface area contributed by atoms with Gasteiger partial charge in [-0.05, 0) is 34.8 Å². The van der Waals surface area contributed by atoms with Crippen molar-refractivity contribution >= 4 is 33.4 Å². The first-order valence-corrected chi connectivity index (χ1v) is 6.62. The normalized spacial score (nSPS) is 11.4. The smallest absolute Gasteiger partial charge is 0.352 e. The van der Waals surface area contributed by atoms with Crippen LogP contribution in [0.15, 0.2) is 16.7 Å². The molecule has 0 aliphatic carbocycles. The molecule has 0 atom stereocenters. The minimum Gasteiger partial charge on any atom is -0.352 e. The summed E-state index contributed by atoms with van der Waals surface area (Å²) in [4.78, 5) is 15.5. The molecule has 0 aliphatic rings. The summed E-state index contributed by atoms with van der Waals surface area (Å²) in [5, 5.41) is 2.55. The molecule has 1 aromatic heterocycles. The number of nitrogens with one attached hydrogen (secondary N) is 1. The van der Waals surface area contributed by atoms with Gasteiger partial charge in [-0.1, -0.05) is 11.6 Å². The van der Waals surface area contributed by atoms with Gasteiger partial charge in [-0.25, -0.2) is 4.98 Å². The summed E-state index contributed by atoms with van der Waals surface area (Å²) in [5.41, 5.74) is 0.187. The molecule has 0 aliphatic heterocycles. The number of amides is 1. The van der Waals surface area contributed by atoms with E-state index in [0.717, 1.165) is 0 Å². The minimum atomic E-state index is -4.15. The van der Waals surface area contributed by atoms with Crippen LogP contribution in [0.1, 0.15) is 29.6 Å². The van der Waals surface area contributed by atoms with Crippen LogP contribution >= 0.6 is 27.5 Å². The molecular weight excluding hydrogens is 348 g/mol. The molecule has 0 unspecified atom stereocenters. The standard InChI is InChI=1S/C11H11BrClF3N2O/c12-7-5-8(9(13)18-6-7)10(19)17-4-2-1-3-11(14,15)16/h5-6H,1-4H2,(H,17,19). The van der Waals surface area contributed by atoms with Crippen LogP contribution in [0, 0.1) is 0 Å². The van der Waals surface area contributed by atoms with E-state index in [1.54, 1.807) is 0 Å². The molecule has 0 saturated heterocycles. The fourth-order valence-corrected chi connectivity index (χ4v) is 1.85. The third-order valence-electron chi connectivity index (χ3n) is 2.22. The lowest BCUT2D eigenvalue weighted by Crippen LogP contribution is -2.25. The van der Waals surface area contributed by atoms with E-state index < -0.39 is 18.5 Å². The second kappa shape index (κ2) is 7.09. The first-order chi connectivity index (χ1) is 8.79. The van der Waals surface area contributed by atoms with Gasteiger partial charge >= 0.3 is 6.18 Å². The van der Waals surface area contributed by atoms with Gasteiger partial charge in [-0.15, -0.1) is 0 Å². The first kappa shape index (κ1) is 16.2. The van der Waals surface area contributed by atoms with Crippen LogP contribution in [0.3, 0.4) is 0 Å². The maximum Gasteiger partial charge on any atom is 0.389 e. The third-order valence-corrected chi connectivity index (χ3v) is 2.96. The van der Waals surface area contributed by atoms with Crippen molar-refractivity contribution in [2.24, 2.45) is 0 Å². The Morgan fingerprint density at radius 3 is 2.74 bits per heavy atom. The monoisotopic (exact) mass is 358 g/mol. The third kappa shape index (κ3) is 6.24. The van der Waals surface area contributed by atoms with Crippen molar-refractivity contribution in [2.45, 2.75) is 25.4 Å². The highest BCUT2D eigenvalue weighted by Crippen LogP contribution is 2.22. The Morgan fingerprint density at radius 1 is 1.42 bits per heavy atom. The fraction of sp³-hybridized carbons (Fsp3) is 0.455. The summed E-state index contributed by atoms with van der Waals surface area (Å²) in [5.74, 6) is -0.453. The Kier molecular flexibility index (Phi) is 6.06. The highest BCUT2D eigenvalue weighted by Gasteiger charge is 2.25. The molecule has 106 valence electrons. The number of pyridine rings is 1. The zero-order chi connectivity index (χ0) is 14.5.